The van der Waals surface area contributed by atoms with Gasteiger partial charge in [-0.3, -0.25) is 0 Å². The minimum atomic E-state index is 0.770. The average molecular weight is 436 g/mol. The van der Waals surface area contributed by atoms with Crippen molar-refractivity contribution in [1.82, 2.24) is 20.2 Å². The molecule has 2 aromatic rings. The Hall–Kier alpha value is -1.93. The van der Waals surface area contributed by atoms with Gasteiger partial charge in [-0.25, -0.2) is 9.97 Å². The molecule has 0 amide bonds. The van der Waals surface area contributed by atoms with Crippen molar-refractivity contribution in [2.24, 2.45) is 0 Å². The molecule has 138 valence electrons. The highest BCUT2D eigenvalue weighted by molar-refractivity contribution is 9.10. The normalized spacial score (nSPS) is 14.2. The summed E-state index contributed by atoms with van der Waals surface area (Å²) < 4.78 is 6.07. The Balaban J connectivity index is 1.41. The van der Waals surface area contributed by atoms with Gasteiger partial charge in [-0.15, -0.1) is 0 Å². The van der Waals surface area contributed by atoms with Crippen LogP contribution >= 0.6 is 28.1 Å². The van der Waals surface area contributed by atoms with Crippen molar-refractivity contribution in [1.29, 1.82) is 0 Å². The van der Waals surface area contributed by atoms with Gasteiger partial charge in [0.15, 0.2) is 5.11 Å². The summed E-state index contributed by atoms with van der Waals surface area (Å²) in [5.41, 5.74) is 1.26. The van der Waals surface area contributed by atoms with Crippen molar-refractivity contribution in [3.8, 4) is 5.75 Å². The number of piperazine rings is 1. The molecule has 1 aromatic heterocycles. The summed E-state index contributed by atoms with van der Waals surface area (Å²) in [5.74, 6) is 1.65. The zero-order chi connectivity index (χ0) is 18.4. The van der Waals surface area contributed by atoms with Gasteiger partial charge in [0.05, 0.1) is 11.6 Å². The Kier molecular flexibility index (Phi) is 6.62. The van der Waals surface area contributed by atoms with Gasteiger partial charge in [0, 0.05) is 45.1 Å². The van der Waals surface area contributed by atoms with Crippen molar-refractivity contribution < 1.29 is 4.74 Å². The number of hydrogen-bond acceptors (Lipinski definition) is 5. The minimum absolute atomic E-state index is 0.770. The van der Waals surface area contributed by atoms with Crippen molar-refractivity contribution in [3.63, 3.8) is 0 Å². The monoisotopic (exact) mass is 435 g/mol. The van der Waals surface area contributed by atoms with Gasteiger partial charge >= 0.3 is 0 Å². The second-order valence-electron chi connectivity index (χ2n) is 6.01. The molecule has 1 aromatic carbocycles. The fourth-order valence-electron chi connectivity index (χ4n) is 2.80. The van der Waals surface area contributed by atoms with Crippen LogP contribution in [0.15, 0.2) is 41.1 Å². The van der Waals surface area contributed by atoms with E-state index in [0.29, 0.717) is 0 Å². The third-order valence-corrected chi connectivity index (χ3v) is 5.12. The Bertz CT molecular complexity index is 717. The van der Waals surface area contributed by atoms with Crippen LogP contribution in [0.1, 0.15) is 5.56 Å². The Morgan fingerprint density at radius 3 is 2.42 bits per heavy atom. The molecule has 8 heteroatoms. The first-order chi connectivity index (χ1) is 12.7. The molecule has 0 spiro atoms. The summed E-state index contributed by atoms with van der Waals surface area (Å²) in [5, 5.41) is 4.18. The van der Waals surface area contributed by atoms with Gasteiger partial charge in [-0.2, -0.15) is 0 Å². The topological polar surface area (TPSA) is 53.5 Å². The van der Waals surface area contributed by atoms with Gasteiger partial charge < -0.3 is 19.9 Å². The second-order valence-corrected chi connectivity index (χ2v) is 7.31. The predicted molar refractivity (Wildman–Crippen MR) is 111 cm³/mol. The molecule has 0 unspecified atom stereocenters. The van der Waals surface area contributed by atoms with E-state index in [1.807, 2.05) is 12.1 Å². The summed E-state index contributed by atoms with van der Waals surface area (Å²) in [7, 11) is 1.68. The van der Waals surface area contributed by atoms with Gasteiger partial charge in [0.1, 0.15) is 5.75 Å². The number of nitrogens with zero attached hydrogens (tertiary/aromatic N) is 4. The zero-order valence-electron chi connectivity index (χ0n) is 14.7. The van der Waals surface area contributed by atoms with E-state index in [1.54, 1.807) is 19.5 Å². The number of methoxy groups -OCH3 is 1. The highest BCUT2D eigenvalue weighted by Gasteiger charge is 2.20. The smallest absolute Gasteiger partial charge is 0.225 e. The van der Waals surface area contributed by atoms with Crippen LogP contribution in [0.5, 0.6) is 5.75 Å². The summed E-state index contributed by atoms with van der Waals surface area (Å²) in [6, 6.07) is 8.13. The molecule has 0 bridgehead atoms. The number of rotatable bonds is 5. The van der Waals surface area contributed by atoms with Crippen LogP contribution in [0.25, 0.3) is 0 Å². The average Bonchev–Trinajstić information content (AvgIpc) is 2.69. The summed E-state index contributed by atoms with van der Waals surface area (Å²) in [6.45, 7) is 4.28. The van der Waals surface area contributed by atoms with E-state index in [4.69, 9.17) is 17.0 Å². The van der Waals surface area contributed by atoms with Gasteiger partial charge in [-0.05, 0) is 52.3 Å². The van der Waals surface area contributed by atoms with Crippen LogP contribution < -0.4 is 15.0 Å². The summed E-state index contributed by atoms with van der Waals surface area (Å²) in [4.78, 5) is 13.1. The summed E-state index contributed by atoms with van der Waals surface area (Å²) >= 11 is 8.90. The van der Waals surface area contributed by atoms with Crippen LogP contribution in [0, 0.1) is 0 Å². The van der Waals surface area contributed by atoms with Crippen molar-refractivity contribution in [2.75, 3.05) is 44.7 Å². The summed E-state index contributed by atoms with van der Waals surface area (Å²) in [6.07, 6.45) is 4.48. The molecule has 0 radical (unpaired) electrons. The molecule has 1 N–H and O–H groups in total. The SMILES string of the molecule is COc1ccc(CCNC(=S)N2CCN(c3ncc(Br)cn3)CC2)cc1. The first kappa shape index (κ1) is 18.8. The first-order valence-electron chi connectivity index (χ1n) is 8.54. The number of benzene rings is 1. The molecule has 26 heavy (non-hydrogen) atoms. The number of aromatic nitrogens is 2. The third kappa shape index (κ3) is 5.04. The highest BCUT2D eigenvalue weighted by atomic mass is 79.9. The molecule has 0 atom stereocenters. The van der Waals surface area contributed by atoms with Crippen LogP contribution in [0.2, 0.25) is 0 Å². The van der Waals surface area contributed by atoms with Gasteiger partial charge in [-0.1, -0.05) is 12.1 Å². The first-order valence-corrected chi connectivity index (χ1v) is 9.74. The van der Waals surface area contributed by atoms with Crippen molar-refractivity contribution in [2.45, 2.75) is 6.42 Å². The third-order valence-electron chi connectivity index (χ3n) is 4.31. The number of anilines is 1. The zero-order valence-corrected chi connectivity index (χ0v) is 17.1. The number of halogens is 1. The fraction of sp³-hybridized carbons (Fsp3) is 0.389. The number of ether oxygens (including phenoxy) is 1. The number of hydrogen-bond donors (Lipinski definition) is 1. The number of nitrogens with one attached hydrogen (secondary N) is 1. The highest BCUT2D eigenvalue weighted by Crippen LogP contribution is 2.14. The van der Waals surface area contributed by atoms with E-state index in [0.717, 1.165) is 60.4 Å². The maximum atomic E-state index is 5.54. The molecular weight excluding hydrogens is 414 g/mol. The molecule has 1 aliphatic heterocycles. The molecule has 2 heterocycles. The second kappa shape index (κ2) is 9.14. The molecule has 0 aliphatic carbocycles. The minimum Gasteiger partial charge on any atom is -0.497 e. The molecule has 1 saturated heterocycles. The lowest BCUT2D eigenvalue weighted by Crippen LogP contribution is -2.52. The van der Waals surface area contributed by atoms with Crippen LogP contribution in [-0.4, -0.2) is 59.8 Å². The van der Waals surface area contributed by atoms with E-state index >= 15 is 0 Å². The molecule has 6 nitrogen and oxygen atoms in total. The largest absolute Gasteiger partial charge is 0.497 e. The van der Waals surface area contributed by atoms with Gasteiger partial charge in [0.25, 0.3) is 0 Å². The fourth-order valence-corrected chi connectivity index (χ4v) is 3.29. The maximum absolute atomic E-state index is 5.54. The Labute approximate surface area is 167 Å². The predicted octanol–water partition coefficient (Wildman–Crippen LogP) is 2.49. The Morgan fingerprint density at radius 2 is 1.81 bits per heavy atom. The number of thiocarbonyl (C=S) groups is 1. The molecule has 1 fully saturated rings. The maximum Gasteiger partial charge on any atom is 0.225 e. The lowest BCUT2D eigenvalue weighted by Gasteiger charge is -2.36. The van der Waals surface area contributed by atoms with E-state index in [-0.39, 0.29) is 0 Å². The van der Waals surface area contributed by atoms with Gasteiger partial charge in [0.2, 0.25) is 5.95 Å². The molecule has 3 rings (SSSR count). The van der Waals surface area contributed by atoms with E-state index < -0.39 is 0 Å². The molecule has 1 aliphatic rings. The molecule has 0 saturated carbocycles. The van der Waals surface area contributed by atoms with Crippen molar-refractivity contribution >= 4 is 39.2 Å². The van der Waals surface area contributed by atoms with Crippen molar-refractivity contribution in [3.05, 3.63) is 46.7 Å². The van der Waals surface area contributed by atoms with Crippen LogP contribution in [-0.2, 0) is 6.42 Å². The lowest BCUT2D eigenvalue weighted by atomic mass is 10.1. The lowest BCUT2D eigenvalue weighted by molar-refractivity contribution is 0.378. The standard InChI is InChI=1S/C18H22BrN5OS/c1-25-16-4-2-14(3-5-16)6-7-20-18(26)24-10-8-23(9-11-24)17-21-12-15(19)13-22-17/h2-5,12-13H,6-11H2,1H3,(H,20,26). The quantitative estimate of drug-likeness (QED) is 0.723. The molecular formula is C18H22BrN5OS. The van der Waals surface area contributed by atoms with Crippen LogP contribution in [0.3, 0.4) is 0 Å². The van der Waals surface area contributed by atoms with E-state index in [2.05, 4.69) is 53.1 Å². The van der Waals surface area contributed by atoms with E-state index in [9.17, 15) is 0 Å². The van der Waals surface area contributed by atoms with E-state index in [1.165, 1.54) is 5.56 Å². The van der Waals surface area contributed by atoms with Crippen LogP contribution in [0.4, 0.5) is 5.95 Å². The Morgan fingerprint density at radius 1 is 1.15 bits per heavy atom.